The van der Waals surface area contributed by atoms with E-state index in [4.69, 9.17) is 4.74 Å². The highest BCUT2D eigenvalue weighted by atomic mass is 19.1. The van der Waals surface area contributed by atoms with Crippen LogP contribution < -0.4 is 16.0 Å². The summed E-state index contributed by atoms with van der Waals surface area (Å²) in [6.45, 7) is 1.23. The summed E-state index contributed by atoms with van der Waals surface area (Å²) in [5.74, 6) is -0.692. The van der Waals surface area contributed by atoms with Crippen LogP contribution in [0.4, 0.5) is 20.6 Å². The lowest BCUT2D eigenvalue weighted by atomic mass is 10.2. The zero-order chi connectivity index (χ0) is 20.2. The van der Waals surface area contributed by atoms with Gasteiger partial charge < -0.3 is 25.7 Å². The van der Waals surface area contributed by atoms with Crippen LogP contribution in [0.15, 0.2) is 48.5 Å². The van der Waals surface area contributed by atoms with Gasteiger partial charge in [0.2, 0.25) is 0 Å². The van der Waals surface area contributed by atoms with Gasteiger partial charge in [-0.15, -0.1) is 0 Å². The van der Waals surface area contributed by atoms with Crippen molar-refractivity contribution in [2.75, 3.05) is 23.8 Å². The van der Waals surface area contributed by atoms with Crippen molar-refractivity contribution >= 4 is 34.2 Å². The van der Waals surface area contributed by atoms with Crippen molar-refractivity contribution < 1.29 is 18.7 Å². The van der Waals surface area contributed by atoms with Crippen molar-refractivity contribution in [2.45, 2.75) is 18.9 Å². The van der Waals surface area contributed by atoms with Gasteiger partial charge in [-0.2, -0.15) is 0 Å². The van der Waals surface area contributed by atoms with Crippen molar-refractivity contribution in [1.29, 1.82) is 0 Å². The van der Waals surface area contributed by atoms with E-state index in [1.165, 1.54) is 12.1 Å². The Labute approximate surface area is 166 Å². The van der Waals surface area contributed by atoms with Crippen molar-refractivity contribution in [1.82, 2.24) is 10.3 Å². The number of ether oxygens (including phenoxy) is 1. The number of carbonyl (C=O) groups excluding carboxylic acids is 2. The lowest BCUT2D eigenvalue weighted by Crippen LogP contribution is -2.35. The molecule has 3 amide bonds. The number of hydrogen-bond acceptors (Lipinski definition) is 3. The average molecular weight is 396 g/mol. The molecule has 0 saturated carbocycles. The summed E-state index contributed by atoms with van der Waals surface area (Å²) in [6.07, 6.45) is 2.07. The van der Waals surface area contributed by atoms with Gasteiger partial charge in [-0.3, -0.25) is 4.79 Å². The van der Waals surface area contributed by atoms with E-state index in [0.717, 1.165) is 19.4 Å². The molecule has 0 spiro atoms. The van der Waals surface area contributed by atoms with E-state index in [1.54, 1.807) is 36.4 Å². The third-order valence-corrected chi connectivity index (χ3v) is 4.74. The van der Waals surface area contributed by atoms with Crippen LogP contribution in [0, 0.1) is 5.82 Å². The zero-order valence-corrected chi connectivity index (χ0v) is 15.6. The first-order chi connectivity index (χ1) is 14.1. The van der Waals surface area contributed by atoms with Crippen LogP contribution >= 0.6 is 0 Å². The third-order valence-electron chi connectivity index (χ3n) is 4.74. The number of benzene rings is 2. The molecular formula is C21H21FN4O3. The van der Waals surface area contributed by atoms with Crippen LogP contribution in [0.25, 0.3) is 10.9 Å². The van der Waals surface area contributed by atoms with Gasteiger partial charge in [-0.05, 0) is 61.4 Å². The molecule has 1 saturated heterocycles. The lowest BCUT2D eigenvalue weighted by Gasteiger charge is -2.12. The van der Waals surface area contributed by atoms with Gasteiger partial charge in [0, 0.05) is 35.4 Å². The molecule has 3 aromatic rings. The summed E-state index contributed by atoms with van der Waals surface area (Å²) >= 11 is 0. The van der Waals surface area contributed by atoms with Gasteiger partial charge in [0.1, 0.15) is 11.5 Å². The quantitative estimate of drug-likeness (QED) is 0.527. The second-order valence-electron chi connectivity index (χ2n) is 6.92. The van der Waals surface area contributed by atoms with Gasteiger partial charge in [-0.25, -0.2) is 9.18 Å². The molecule has 4 rings (SSSR count). The molecule has 8 heteroatoms. The Morgan fingerprint density at radius 3 is 2.55 bits per heavy atom. The number of H-pyrrole nitrogens is 1. The molecule has 1 fully saturated rings. The van der Waals surface area contributed by atoms with Crippen molar-refractivity contribution in [2.24, 2.45) is 0 Å². The number of anilines is 2. The minimum absolute atomic E-state index is 0.0828. The van der Waals surface area contributed by atoms with Crippen molar-refractivity contribution in [3.8, 4) is 0 Å². The van der Waals surface area contributed by atoms with Gasteiger partial charge in [-0.1, -0.05) is 0 Å². The number of hydrogen-bond donors (Lipinski definition) is 4. The first-order valence-electron chi connectivity index (χ1n) is 9.43. The summed E-state index contributed by atoms with van der Waals surface area (Å²) in [5, 5.41) is 8.92. The molecule has 2 heterocycles. The van der Waals surface area contributed by atoms with E-state index >= 15 is 0 Å². The number of aromatic amines is 1. The molecule has 29 heavy (non-hydrogen) atoms. The number of urea groups is 1. The molecule has 2 aromatic carbocycles. The van der Waals surface area contributed by atoms with Crippen LogP contribution in [-0.2, 0) is 4.74 Å². The van der Waals surface area contributed by atoms with E-state index in [-0.39, 0.29) is 23.9 Å². The van der Waals surface area contributed by atoms with Gasteiger partial charge in [0.15, 0.2) is 0 Å². The minimum atomic E-state index is -0.355. The van der Waals surface area contributed by atoms with Crippen molar-refractivity contribution in [3.05, 3.63) is 60.0 Å². The summed E-state index contributed by atoms with van der Waals surface area (Å²) < 4.78 is 18.8. The van der Waals surface area contributed by atoms with Gasteiger partial charge >= 0.3 is 6.03 Å². The number of nitrogens with one attached hydrogen (secondary N) is 4. The maximum atomic E-state index is 13.3. The molecule has 0 bridgehead atoms. The largest absolute Gasteiger partial charge is 0.376 e. The van der Waals surface area contributed by atoms with Crippen LogP contribution in [0.5, 0.6) is 0 Å². The maximum absolute atomic E-state index is 13.3. The normalized spacial score (nSPS) is 16.0. The number of amides is 3. The summed E-state index contributed by atoms with van der Waals surface area (Å²) in [7, 11) is 0. The molecule has 1 atom stereocenters. The Hall–Kier alpha value is -3.39. The number of fused-ring (bicyclic) bond motifs is 1. The Balaban J connectivity index is 1.32. The smallest absolute Gasteiger partial charge is 0.319 e. The monoisotopic (exact) mass is 396 g/mol. The molecule has 4 N–H and O–H groups in total. The maximum Gasteiger partial charge on any atom is 0.319 e. The molecule has 0 aliphatic carbocycles. The number of rotatable bonds is 5. The Kier molecular flexibility index (Phi) is 5.44. The average Bonchev–Trinajstić information content (AvgIpc) is 3.37. The molecule has 1 unspecified atom stereocenters. The third kappa shape index (κ3) is 4.72. The van der Waals surface area contributed by atoms with Crippen LogP contribution in [0.1, 0.15) is 23.3 Å². The molecule has 1 aliphatic heterocycles. The Bertz CT molecular complexity index is 1030. The summed E-state index contributed by atoms with van der Waals surface area (Å²) in [5.41, 5.74) is 2.20. The number of halogens is 1. The highest BCUT2D eigenvalue weighted by Crippen LogP contribution is 2.19. The number of carbonyl (C=O) groups is 2. The van der Waals surface area contributed by atoms with E-state index in [0.29, 0.717) is 34.5 Å². The predicted molar refractivity (Wildman–Crippen MR) is 109 cm³/mol. The standard InChI is InChI=1S/C21H21FN4O3/c22-14-3-8-18-13(10-14)11-19(26-18)20(27)24-15-4-6-16(7-5-15)25-21(28)23-12-17-2-1-9-29-17/h3-8,10-11,17,26H,1-2,9,12H2,(H,24,27)(H2,23,25,28). The molecule has 1 aliphatic rings. The molecule has 0 radical (unpaired) electrons. The van der Waals surface area contributed by atoms with E-state index in [9.17, 15) is 14.0 Å². The summed E-state index contributed by atoms with van der Waals surface area (Å²) in [4.78, 5) is 27.3. The molecule has 1 aromatic heterocycles. The minimum Gasteiger partial charge on any atom is -0.376 e. The molecule has 7 nitrogen and oxygen atoms in total. The molecule has 150 valence electrons. The summed E-state index contributed by atoms with van der Waals surface area (Å²) in [6, 6.07) is 12.4. The predicted octanol–water partition coefficient (Wildman–Crippen LogP) is 3.86. The van der Waals surface area contributed by atoms with Crippen LogP contribution in [0.3, 0.4) is 0 Å². The van der Waals surface area contributed by atoms with Crippen LogP contribution in [0.2, 0.25) is 0 Å². The van der Waals surface area contributed by atoms with E-state index in [2.05, 4.69) is 20.9 Å². The van der Waals surface area contributed by atoms with Gasteiger partial charge in [0.05, 0.1) is 6.10 Å². The molecular weight excluding hydrogens is 375 g/mol. The topological polar surface area (TPSA) is 95.2 Å². The Morgan fingerprint density at radius 2 is 1.83 bits per heavy atom. The first kappa shape index (κ1) is 18.9. The van der Waals surface area contributed by atoms with E-state index in [1.807, 2.05) is 0 Å². The first-order valence-corrected chi connectivity index (χ1v) is 9.43. The fraction of sp³-hybridized carbons (Fsp3) is 0.238. The zero-order valence-electron chi connectivity index (χ0n) is 15.6. The number of aromatic nitrogens is 1. The second-order valence-corrected chi connectivity index (χ2v) is 6.92. The van der Waals surface area contributed by atoms with Crippen molar-refractivity contribution in [3.63, 3.8) is 0 Å². The highest BCUT2D eigenvalue weighted by Gasteiger charge is 2.16. The second kappa shape index (κ2) is 8.32. The van der Waals surface area contributed by atoms with Gasteiger partial charge in [0.25, 0.3) is 5.91 Å². The Morgan fingerprint density at radius 1 is 1.07 bits per heavy atom. The fourth-order valence-electron chi connectivity index (χ4n) is 3.25. The lowest BCUT2D eigenvalue weighted by molar-refractivity contribution is 0.102. The van der Waals surface area contributed by atoms with Crippen LogP contribution in [-0.4, -0.2) is 36.2 Å². The SMILES string of the molecule is O=C(NCC1CCCO1)Nc1ccc(NC(=O)c2cc3cc(F)ccc3[nH]2)cc1. The van der Waals surface area contributed by atoms with E-state index < -0.39 is 0 Å². The highest BCUT2D eigenvalue weighted by molar-refractivity contribution is 6.06. The fourth-order valence-corrected chi connectivity index (χ4v) is 3.25.